The van der Waals surface area contributed by atoms with E-state index in [4.69, 9.17) is 0 Å². The Kier molecular flexibility index (Phi) is 8.11. The fraction of sp³-hybridized carbons (Fsp3) is 0.609. The van der Waals surface area contributed by atoms with Crippen LogP contribution in [0.2, 0.25) is 0 Å². The number of aliphatic imine (C=N–C) groups is 1. The Morgan fingerprint density at radius 2 is 2.13 bits per heavy atom. The molecule has 7 nitrogen and oxygen atoms in total. The molecular weight excluding hydrogens is 376 g/mol. The summed E-state index contributed by atoms with van der Waals surface area (Å²) in [5, 5.41) is 6.58. The SMILES string of the molecule is CCNC(=NCCCn1c(C)nc2ccccc21)NCCC(=O)N1CCCC(C)C1. The van der Waals surface area contributed by atoms with Gasteiger partial charge in [0.15, 0.2) is 5.96 Å². The number of carbonyl (C=O) groups is 1. The Hall–Kier alpha value is -2.57. The first-order valence-corrected chi connectivity index (χ1v) is 11.3. The summed E-state index contributed by atoms with van der Waals surface area (Å²) in [4.78, 5) is 23.7. The number of rotatable bonds is 8. The predicted octanol–water partition coefficient (Wildman–Crippen LogP) is 2.94. The fourth-order valence-electron chi connectivity index (χ4n) is 4.10. The number of nitrogens with one attached hydrogen (secondary N) is 2. The Bertz CT molecular complexity index is 858. The van der Waals surface area contributed by atoms with Gasteiger partial charge in [-0.05, 0) is 51.2 Å². The summed E-state index contributed by atoms with van der Waals surface area (Å²) in [6, 6.07) is 8.24. The van der Waals surface area contributed by atoms with E-state index in [0.29, 0.717) is 18.9 Å². The number of aromatic nitrogens is 2. The number of hydrogen-bond donors (Lipinski definition) is 2. The normalized spacial score (nSPS) is 17.4. The molecular formula is C23H36N6O. The van der Waals surface area contributed by atoms with E-state index in [0.717, 1.165) is 62.9 Å². The molecule has 1 aromatic heterocycles. The molecule has 0 aliphatic carbocycles. The van der Waals surface area contributed by atoms with Gasteiger partial charge in [-0.25, -0.2) is 4.98 Å². The van der Waals surface area contributed by atoms with Crippen molar-refractivity contribution < 1.29 is 4.79 Å². The number of aryl methyl sites for hydroxylation is 2. The minimum atomic E-state index is 0.243. The molecule has 1 atom stereocenters. The fourth-order valence-corrected chi connectivity index (χ4v) is 4.10. The number of guanidine groups is 1. The van der Waals surface area contributed by atoms with Crippen molar-refractivity contribution in [1.29, 1.82) is 0 Å². The van der Waals surface area contributed by atoms with Gasteiger partial charge >= 0.3 is 0 Å². The smallest absolute Gasteiger partial charge is 0.224 e. The lowest BCUT2D eigenvalue weighted by atomic mass is 10.00. The highest BCUT2D eigenvalue weighted by Gasteiger charge is 2.20. The van der Waals surface area contributed by atoms with Crippen molar-refractivity contribution in [3.05, 3.63) is 30.1 Å². The van der Waals surface area contributed by atoms with E-state index in [9.17, 15) is 4.79 Å². The zero-order valence-corrected chi connectivity index (χ0v) is 18.7. The Labute approximate surface area is 180 Å². The molecule has 1 saturated heterocycles. The number of para-hydroxylation sites is 2. The second-order valence-corrected chi connectivity index (χ2v) is 8.18. The molecule has 0 bridgehead atoms. The third-order valence-corrected chi connectivity index (χ3v) is 5.64. The maximum absolute atomic E-state index is 12.4. The van der Waals surface area contributed by atoms with Gasteiger partial charge in [0.2, 0.25) is 5.91 Å². The highest BCUT2D eigenvalue weighted by molar-refractivity contribution is 5.81. The first-order valence-electron chi connectivity index (χ1n) is 11.3. The summed E-state index contributed by atoms with van der Waals surface area (Å²) in [6.45, 7) is 11.2. The van der Waals surface area contributed by atoms with Crippen molar-refractivity contribution in [3.8, 4) is 0 Å². The van der Waals surface area contributed by atoms with Crippen LogP contribution in [0.15, 0.2) is 29.3 Å². The quantitative estimate of drug-likeness (QED) is 0.397. The van der Waals surface area contributed by atoms with E-state index >= 15 is 0 Å². The van der Waals surface area contributed by atoms with Crippen LogP contribution < -0.4 is 10.6 Å². The molecule has 30 heavy (non-hydrogen) atoms. The van der Waals surface area contributed by atoms with Crippen molar-refractivity contribution >= 4 is 22.9 Å². The van der Waals surface area contributed by atoms with Crippen LogP contribution in [-0.4, -0.2) is 59.0 Å². The Morgan fingerprint density at radius 1 is 1.30 bits per heavy atom. The standard InChI is InChI=1S/C23H36N6O/c1-4-24-23(26-14-12-22(30)28-15-7-9-18(2)17-28)25-13-8-16-29-19(3)27-20-10-5-6-11-21(20)29/h5-6,10-11,18H,4,7-9,12-17H2,1-3H3,(H2,24,25,26). The summed E-state index contributed by atoms with van der Waals surface area (Å²) in [6.07, 6.45) is 3.80. The molecule has 1 aliphatic rings. The molecule has 1 unspecified atom stereocenters. The van der Waals surface area contributed by atoms with Gasteiger partial charge in [-0.2, -0.15) is 0 Å². The lowest BCUT2D eigenvalue weighted by Crippen LogP contribution is -2.42. The molecule has 2 aromatic rings. The number of carbonyl (C=O) groups excluding carboxylic acids is 1. The van der Waals surface area contributed by atoms with Crippen LogP contribution in [0, 0.1) is 12.8 Å². The van der Waals surface area contributed by atoms with E-state index in [2.05, 4.69) is 64.1 Å². The third kappa shape index (κ3) is 5.97. The zero-order chi connectivity index (χ0) is 21.3. The summed E-state index contributed by atoms with van der Waals surface area (Å²) in [5.41, 5.74) is 2.22. The second-order valence-electron chi connectivity index (χ2n) is 8.18. The number of piperidine rings is 1. The molecule has 1 aliphatic heterocycles. The lowest BCUT2D eigenvalue weighted by Gasteiger charge is -2.31. The van der Waals surface area contributed by atoms with Gasteiger partial charge in [0.05, 0.1) is 11.0 Å². The van der Waals surface area contributed by atoms with Gasteiger partial charge in [0.25, 0.3) is 0 Å². The van der Waals surface area contributed by atoms with E-state index in [-0.39, 0.29) is 5.91 Å². The monoisotopic (exact) mass is 412 g/mol. The van der Waals surface area contributed by atoms with Gasteiger partial charge in [-0.1, -0.05) is 19.1 Å². The summed E-state index contributed by atoms with van der Waals surface area (Å²) in [7, 11) is 0. The molecule has 2 N–H and O–H groups in total. The van der Waals surface area contributed by atoms with Crippen LogP contribution in [0.3, 0.4) is 0 Å². The number of fused-ring (bicyclic) bond motifs is 1. The number of likely N-dealkylation sites (tertiary alicyclic amines) is 1. The number of imidazole rings is 1. The maximum Gasteiger partial charge on any atom is 0.224 e. The van der Waals surface area contributed by atoms with Crippen molar-refractivity contribution in [1.82, 2.24) is 25.1 Å². The van der Waals surface area contributed by atoms with Crippen molar-refractivity contribution in [3.63, 3.8) is 0 Å². The van der Waals surface area contributed by atoms with E-state index < -0.39 is 0 Å². The average Bonchev–Trinajstić information content (AvgIpc) is 3.06. The molecule has 1 fully saturated rings. The van der Waals surface area contributed by atoms with Gasteiger partial charge in [0, 0.05) is 45.7 Å². The van der Waals surface area contributed by atoms with Crippen LogP contribution in [-0.2, 0) is 11.3 Å². The van der Waals surface area contributed by atoms with Crippen LogP contribution in [0.1, 0.15) is 45.4 Å². The zero-order valence-electron chi connectivity index (χ0n) is 18.7. The largest absolute Gasteiger partial charge is 0.357 e. The number of hydrogen-bond acceptors (Lipinski definition) is 3. The average molecular weight is 413 g/mol. The molecule has 3 rings (SSSR count). The highest BCUT2D eigenvalue weighted by Crippen LogP contribution is 2.16. The maximum atomic E-state index is 12.4. The van der Waals surface area contributed by atoms with Crippen molar-refractivity contribution in [2.45, 2.75) is 53.0 Å². The first kappa shape index (κ1) is 22.1. The molecule has 1 amide bonds. The van der Waals surface area contributed by atoms with E-state index in [1.54, 1.807) is 0 Å². The number of benzene rings is 1. The summed E-state index contributed by atoms with van der Waals surface area (Å²) >= 11 is 0. The van der Waals surface area contributed by atoms with Gasteiger partial charge in [0.1, 0.15) is 5.82 Å². The van der Waals surface area contributed by atoms with Crippen LogP contribution >= 0.6 is 0 Å². The van der Waals surface area contributed by atoms with Gasteiger partial charge < -0.3 is 20.1 Å². The minimum absolute atomic E-state index is 0.243. The topological polar surface area (TPSA) is 74.5 Å². The van der Waals surface area contributed by atoms with Crippen LogP contribution in [0.5, 0.6) is 0 Å². The van der Waals surface area contributed by atoms with Crippen LogP contribution in [0.4, 0.5) is 0 Å². The van der Waals surface area contributed by atoms with Crippen molar-refractivity contribution in [2.75, 3.05) is 32.7 Å². The number of nitrogens with zero attached hydrogens (tertiary/aromatic N) is 4. The molecule has 164 valence electrons. The minimum Gasteiger partial charge on any atom is -0.357 e. The molecule has 2 heterocycles. The van der Waals surface area contributed by atoms with E-state index in [1.165, 1.54) is 11.9 Å². The highest BCUT2D eigenvalue weighted by atomic mass is 16.2. The summed E-state index contributed by atoms with van der Waals surface area (Å²) in [5.74, 6) is 2.68. The lowest BCUT2D eigenvalue weighted by molar-refractivity contribution is -0.132. The number of amides is 1. The predicted molar refractivity (Wildman–Crippen MR) is 123 cm³/mol. The van der Waals surface area contributed by atoms with Crippen LogP contribution in [0.25, 0.3) is 11.0 Å². The Balaban J connectivity index is 1.45. The third-order valence-electron chi connectivity index (χ3n) is 5.64. The van der Waals surface area contributed by atoms with Crippen molar-refractivity contribution in [2.24, 2.45) is 10.9 Å². The van der Waals surface area contributed by atoms with Gasteiger partial charge in [-0.15, -0.1) is 0 Å². The van der Waals surface area contributed by atoms with E-state index in [1.807, 2.05) is 11.0 Å². The molecule has 0 radical (unpaired) electrons. The molecule has 0 spiro atoms. The molecule has 7 heteroatoms. The Morgan fingerprint density at radius 3 is 2.93 bits per heavy atom. The molecule has 0 saturated carbocycles. The second kappa shape index (κ2) is 11.0. The first-order chi connectivity index (χ1) is 14.6. The molecule has 1 aromatic carbocycles. The van der Waals surface area contributed by atoms with Gasteiger partial charge in [-0.3, -0.25) is 9.79 Å². The summed E-state index contributed by atoms with van der Waals surface area (Å²) < 4.78 is 2.25.